The number of carbonyl (C=O) groups excluding carboxylic acids is 1. The molecule has 5 aliphatic rings. The van der Waals surface area contributed by atoms with Crippen molar-refractivity contribution in [1.29, 1.82) is 0 Å². The van der Waals surface area contributed by atoms with Crippen molar-refractivity contribution >= 4 is 23.8 Å². The summed E-state index contributed by atoms with van der Waals surface area (Å²) in [6.07, 6.45) is 12.7. The summed E-state index contributed by atoms with van der Waals surface area (Å²) in [6, 6.07) is 0. The summed E-state index contributed by atoms with van der Waals surface area (Å²) in [5.74, 6) is -0.270. The molecule has 4 saturated carbocycles. The number of carboxylic acids is 3. The van der Waals surface area contributed by atoms with Crippen molar-refractivity contribution in [2.75, 3.05) is 125 Å². The molecule has 11 atom stereocenters. The fourth-order valence-electron chi connectivity index (χ4n) is 13.5. The summed E-state index contributed by atoms with van der Waals surface area (Å²) in [4.78, 5) is 55.8. The van der Waals surface area contributed by atoms with Gasteiger partial charge in [0.1, 0.15) is 0 Å². The summed E-state index contributed by atoms with van der Waals surface area (Å²) < 4.78 is 20.4. The van der Waals surface area contributed by atoms with Crippen LogP contribution in [0.3, 0.4) is 0 Å². The molecule has 0 aromatic rings. The lowest BCUT2D eigenvalue weighted by molar-refractivity contribution is -0.227. The Morgan fingerprint density at radius 2 is 1.15 bits per heavy atom. The van der Waals surface area contributed by atoms with Crippen molar-refractivity contribution in [3.05, 3.63) is 0 Å². The molecule has 4 aliphatic carbocycles. The van der Waals surface area contributed by atoms with E-state index in [4.69, 9.17) is 31.4 Å². The Morgan fingerprint density at radius 3 is 1.67 bits per heavy atom. The van der Waals surface area contributed by atoms with Crippen molar-refractivity contribution in [2.24, 2.45) is 63.5 Å². The minimum Gasteiger partial charge on any atom is -0.480 e. The van der Waals surface area contributed by atoms with Crippen molar-refractivity contribution in [3.63, 3.8) is 0 Å². The van der Waals surface area contributed by atoms with Crippen LogP contribution in [0.4, 0.5) is 0 Å². The van der Waals surface area contributed by atoms with Crippen LogP contribution in [0.5, 0.6) is 0 Å². The van der Waals surface area contributed by atoms with Crippen LogP contribution in [-0.2, 0) is 33.4 Å². The van der Waals surface area contributed by atoms with Crippen molar-refractivity contribution < 1.29 is 48.7 Å². The molecule has 386 valence electrons. The number of aliphatic carboxylic acids is 3. The van der Waals surface area contributed by atoms with Crippen LogP contribution in [0.1, 0.15) is 97.8 Å². The van der Waals surface area contributed by atoms with E-state index >= 15 is 0 Å². The van der Waals surface area contributed by atoms with E-state index in [1.807, 2.05) is 4.90 Å². The fourth-order valence-corrected chi connectivity index (χ4v) is 13.5. The number of nitrogens with two attached hydrogens (primary N) is 3. The normalized spacial score (nSPS) is 33.1. The van der Waals surface area contributed by atoms with Crippen molar-refractivity contribution in [2.45, 2.75) is 116 Å². The maximum Gasteiger partial charge on any atom is 0.317 e. The molecule has 10 N–H and O–H groups in total. The molecule has 18 heteroatoms. The number of amides is 1. The van der Waals surface area contributed by atoms with Crippen LogP contribution >= 0.6 is 0 Å². The number of nitrogens with zero attached hydrogens (tertiary/aromatic N) is 4. The number of ether oxygens (including phenoxy) is 3. The van der Waals surface area contributed by atoms with Gasteiger partial charge in [0, 0.05) is 84.1 Å². The third kappa shape index (κ3) is 15.5. The van der Waals surface area contributed by atoms with Gasteiger partial charge in [-0.3, -0.25) is 38.8 Å². The van der Waals surface area contributed by atoms with Gasteiger partial charge in [-0.1, -0.05) is 20.8 Å². The highest BCUT2D eigenvalue weighted by Crippen LogP contribution is 2.69. The Kier molecular flexibility index (Phi) is 22.5. The molecule has 0 radical (unpaired) electrons. The molecule has 5 fully saturated rings. The standard InChI is InChI=1S/C49H90N8O10/c1-35(8-4-16-53-43(58)31-54-17-19-55(32-44(59)60)21-23-57(34-46(63)64)24-22-56(20-18-54)33-45(61)62)38-9-10-39-47-40(30-42(49(38,39)3)67-27-7-15-52)48(2)12-11-37(65-25-5-13-50)28-36(48)29-41(47)66-26-6-14-51/h35-42,47H,4-34,50-52H2,1-3H3,(H,53,58)(H,59,60)(H,61,62)(H,63,64)/t35-,36?,37-,38?,39+,40+,41-,42+,47?,48+,49-/m1/s1. The predicted molar refractivity (Wildman–Crippen MR) is 256 cm³/mol. The zero-order valence-electron chi connectivity index (χ0n) is 41.3. The molecule has 5 rings (SSSR count). The number of carbonyl (C=O) groups is 4. The molecule has 0 bridgehead atoms. The van der Waals surface area contributed by atoms with Crippen LogP contribution in [0.2, 0.25) is 0 Å². The number of carboxylic acid groups (broad SMARTS) is 3. The van der Waals surface area contributed by atoms with Crippen molar-refractivity contribution in [1.82, 2.24) is 24.9 Å². The minimum atomic E-state index is -1.00. The van der Waals surface area contributed by atoms with Gasteiger partial charge >= 0.3 is 17.9 Å². The average molecular weight is 951 g/mol. The second kappa shape index (κ2) is 27.2. The zero-order chi connectivity index (χ0) is 48.6. The van der Waals surface area contributed by atoms with Gasteiger partial charge in [0.2, 0.25) is 5.91 Å². The molecule has 3 unspecified atom stereocenters. The Morgan fingerprint density at radius 1 is 0.642 bits per heavy atom. The van der Waals surface area contributed by atoms with Gasteiger partial charge < -0.3 is 52.0 Å². The lowest BCUT2D eigenvalue weighted by atomic mass is 9.43. The van der Waals surface area contributed by atoms with Crippen molar-refractivity contribution in [3.8, 4) is 0 Å². The monoisotopic (exact) mass is 951 g/mol. The van der Waals surface area contributed by atoms with Gasteiger partial charge in [0.05, 0.1) is 44.5 Å². The molecule has 0 aromatic heterocycles. The van der Waals surface area contributed by atoms with Gasteiger partial charge in [-0.15, -0.1) is 0 Å². The van der Waals surface area contributed by atoms with Gasteiger partial charge in [-0.25, -0.2) is 0 Å². The molecule has 67 heavy (non-hydrogen) atoms. The van der Waals surface area contributed by atoms with Crippen LogP contribution in [0.25, 0.3) is 0 Å². The first-order valence-electron chi connectivity index (χ1n) is 25.9. The van der Waals surface area contributed by atoms with E-state index in [9.17, 15) is 34.5 Å². The van der Waals surface area contributed by atoms with E-state index in [0.717, 1.165) is 83.7 Å². The highest BCUT2D eigenvalue weighted by atomic mass is 16.5. The van der Waals surface area contributed by atoms with E-state index in [0.29, 0.717) is 127 Å². The average Bonchev–Trinajstić information content (AvgIpc) is 3.64. The van der Waals surface area contributed by atoms with Gasteiger partial charge in [-0.05, 0) is 138 Å². The van der Waals surface area contributed by atoms with Crippen LogP contribution < -0.4 is 22.5 Å². The topological polar surface area (TPSA) is 260 Å². The molecule has 1 heterocycles. The second-order valence-corrected chi connectivity index (χ2v) is 21.2. The number of nitrogens with one attached hydrogen (secondary N) is 1. The Labute approximate surface area is 400 Å². The highest BCUT2D eigenvalue weighted by molar-refractivity contribution is 5.78. The largest absolute Gasteiger partial charge is 0.480 e. The molecule has 1 amide bonds. The SMILES string of the molecule is C[C@H](CCCNC(=O)CN1CCN(CC(=O)O)CCN(CC(=O)O)CCN(CC(=O)O)CC1)C1CC[C@H]2C3[C@H](OCCCN)CC4C[C@H](OCCCN)CC[C@]4(C)[C@H]3C[C@H](OCCCN)[C@]12C. The molecular weight excluding hydrogens is 861 g/mol. The molecule has 1 saturated heterocycles. The fraction of sp³-hybridized carbons (Fsp3) is 0.918. The first-order chi connectivity index (χ1) is 32.1. The molecule has 18 nitrogen and oxygen atoms in total. The summed E-state index contributed by atoms with van der Waals surface area (Å²) in [7, 11) is 0. The molecular formula is C49H90N8O10. The van der Waals surface area contributed by atoms with E-state index in [2.05, 4.69) is 26.1 Å². The lowest BCUT2D eigenvalue weighted by Crippen LogP contribution is -2.63. The summed E-state index contributed by atoms with van der Waals surface area (Å²) >= 11 is 0. The van der Waals surface area contributed by atoms with Crippen LogP contribution in [-0.4, -0.2) is 202 Å². The first kappa shape index (κ1) is 55.4. The second-order valence-electron chi connectivity index (χ2n) is 21.2. The molecule has 0 spiro atoms. The maximum atomic E-state index is 13.5. The van der Waals surface area contributed by atoms with Crippen LogP contribution in [0.15, 0.2) is 0 Å². The van der Waals surface area contributed by atoms with Gasteiger partial charge in [0.25, 0.3) is 0 Å². The third-order valence-electron chi connectivity index (χ3n) is 17.0. The minimum absolute atomic E-state index is 0.0296. The number of rotatable bonds is 25. The quantitative estimate of drug-likeness (QED) is 0.0647. The number of hydrogen-bond donors (Lipinski definition) is 7. The lowest BCUT2D eigenvalue weighted by Gasteiger charge is -2.65. The summed E-state index contributed by atoms with van der Waals surface area (Å²) in [5.41, 5.74) is 18.0. The molecule has 1 aliphatic heterocycles. The van der Waals surface area contributed by atoms with E-state index in [-0.39, 0.29) is 61.2 Å². The summed E-state index contributed by atoms with van der Waals surface area (Å²) in [6.45, 7) is 14.3. The molecule has 0 aromatic carbocycles. The van der Waals surface area contributed by atoms with Gasteiger partial charge in [0.15, 0.2) is 0 Å². The first-order valence-corrected chi connectivity index (χ1v) is 25.9. The Bertz CT molecular complexity index is 1520. The smallest absolute Gasteiger partial charge is 0.317 e. The Balaban J connectivity index is 1.23. The van der Waals surface area contributed by atoms with E-state index in [1.165, 1.54) is 0 Å². The zero-order valence-corrected chi connectivity index (χ0v) is 41.3. The predicted octanol–water partition coefficient (Wildman–Crippen LogP) is 2.07. The summed E-state index contributed by atoms with van der Waals surface area (Å²) in [5, 5.41) is 31.8. The van der Waals surface area contributed by atoms with E-state index < -0.39 is 17.9 Å². The van der Waals surface area contributed by atoms with E-state index in [1.54, 1.807) is 14.7 Å². The third-order valence-corrected chi connectivity index (χ3v) is 17.0. The van der Waals surface area contributed by atoms with Gasteiger partial charge in [-0.2, -0.15) is 0 Å². The maximum absolute atomic E-state index is 13.5. The number of hydrogen-bond acceptors (Lipinski definition) is 14. The van der Waals surface area contributed by atoms with Crippen LogP contribution in [0, 0.1) is 46.3 Å². The Hall–Kier alpha value is -2.52. The number of fused-ring (bicyclic) bond motifs is 5. The highest BCUT2D eigenvalue weighted by Gasteiger charge is 2.66.